The van der Waals surface area contributed by atoms with Gasteiger partial charge in [-0.2, -0.15) is 0 Å². The van der Waals surface area contributed by atoms with Crippen LogP contribution in [0.3, 0.4) is 0 Å². The van der Waals surface area contributed by atoms with Crippen molar-refractivity contribution >= 4 is 12.0 Å². The van der Waals surface area contributed by atoms with Gasteiger partial charge in [0.1, 0.15) is 0 Å². The zero-order chi connectivity index (χ0) is 16.4. The fourth-order valence-corrected chi connectivity index (χ4v) is 1.80. The van der Waals surface area contributed by atoms with Crippen LogP contribution in [0.15, 0.2) is 24.3 Å². The number of hydrogen-bond acceptors (Lipinski definition) is 4. The summed E-state index contributed by atoms with van der Waals surface area (Å²) in [6.45, 7) is 5.16. The second-order valence-electron chi connectivity index (χ2n) is 5.05. The van der Waals surface area contributed by atoms with Gasteiger partial charge in [0.15, 0.2) is 11.5 Å². The topological polar surface area (TPSA) is 56.8 Å². The van der Waals surface area contributed by atoms with Crippen molar-refractivity contribution in [1.82, 2.24) is 5.32 Å². The van der Waals surface area contributed by atoms with E-state index in [4.69, 9.17) is 14.2 Å². The van der Waals surface area contributed by atoms with E-state index < -0.39 is 0 Å². The highest BCUT2D eigenvalue weighted by molar-refractivity contribution is 5.91. The molecular weight excluding hydrogens is 282 g/mol. The van der Waals surface area contributed by atoms with Crippen molar-refractivity contribution in [1.29, 1.82) is 0 Å². The number of methoxy groups -OCH3 is 2. The van der Waals surface area contributed by atoms with E-state index >= 15 is 0 Å². The minimum Gasteiger partial charge on any atom is -0.493 e. The van der Waals surface area contributed by atoms with Gasteiger partial charge in [-0.05, 0) is 44.0 Å². The second kappa shape index (κ2) is 9.84. The molecule has 0 unspecified atom stereocenters. The van der Waals surface area contributed by atoms with Crippen molar-refractivity contribution in [3.05, 3.63) is 29.8 Å². The summed E-state index contributed by atoms with van der Waals surface area (Å²) in [6.07, 6.45) is 4.12. The van der Waals surface area contributed by atoms with Crippen molar-refractivity contribution < 1.29 is 19.0 Å². The molecule has 22 heavy (non-hydrogen) atoms. The van der Waals surface area contributed by atoms with E-state index in [1.54, 1.807) is 20.3 Å². The maximum absolute atomic E-state index is 11.7. The molecule has 1 amide bonds. The number of carbonyl (C=O) groups excluding carboxylic acids is 1. The number of rotatable bonds is 9. The molecule has 0 aliphatic rings. The lowest BCUT2D eigenvalue weighted by Gasteiger charge is -2.13. The molecule has 0 atom stereocenters. The molecule has 1 rings (SSSR count). The van der Waals surface area contributed by atoms with Crippen LogP contribution in [0.2, 0.25) is 0 Å². The third kappa shape index (κ3) is 6.63. The van der Waals surface area contributed by atoms with Gasteiger partial charge >= 0.3 is 0 Å². The van der Waals surface area contributed by atoms with Crippen LogP contribution in [-0.2, 0) is 9.53 Å². The van der Waals surface area contributed by atoms with Crippen LogP contribution in [-0.4, -0.2) is 39.4 Å². The molecule has 0 aliphatic carbocycles. The van der Waals surface area contributed by atoms with Gasteiger partial charge in [0.2, 0.25) is 5.91 Å². The molecule has 5 heteroatoms. The molecule has 0 bridgehead atoms. The monoisotopic (exact) mass is 307 g/mol. The summed E-state index contributed by atoms with van der Waals surface area (Å²) >= 11 is 0. The molecular formula is C17H25NO4. The first kappa shape index (κ1) is 18.0. The molecule has 1 aromatic rings. The average Bonchev–Trinajstić information content (AvgIpc) is 2.50. The average molecular weight is 307 g/mol. The van der Waals surface area contributed by atoms with Crippen LogP contribution in [0.1, 0.15) is 25.8 Å². The van der Waals surface area contributed by atoms with Crippen LogP contribution >= 0.6 is 0 Å². The van der Waals surface area contributed by atoms with E-state index in [1.165, 1.54) is 6.08 Å². The number of carbonyl (C=O) groups is 1. The lowest BCUT2D eigenvalue weighted by molar-refractivity contribution is -0.116. The molecule has 0 saturated heterocycles. The quantitative estimate of drug-likeness (QED) is 0.563. The molecule has 0 aromatic heterocycles. The van der Waals surface area contributed by atoms with Gasteiger partial charge in [-0.1, -0.05) is 6.07 Å². The van der Waals surface area contributed by atoms with Crippen molar-refractivity contribution in [2.45, 2.75) is 26.4 Å². The molecule has 0 aliphatic heterocycles. The van der Waals surface area contributed by atoms with E-state index in [0.29, 0.717) is 24.7 Å². The smallest absolute Gasteiger partial charge is 0.244 e. The zero-order valence-corrected chi connectivity index (χ0v) is 13.7. The number of ether oxygens (including phenoxy) is 3. The number of benzene rings is 1. The Morgan fingerprint density at radius 1 is 1.27 bits per heavy atom. The first-order valence-corrected chi connectivity index (χ1v) is 7.36. The van der Waals surface area contributed by atoms with E-state index in [1.807, 2.05) is 32.0 Å². The summed E-state index contributed by atoms with van der Waals surface area (Å²) in [6, 6.07) is 5.57. The zero-order valence-electron chi connectivity index (χ0n) is 13.7. The lowest BCUT2D eigenvalue weighted by atomic mass is 10.2. The number of hydrogen-bond donors (Lipinski definition) is 1. The molecule has 1 N–H and O–H groups in total. The first-order valence-electron chi connectivity index (χ1n) is 7.36. The Morgan fingerprint density at radius 2 is 2.05 bits per heavy atom. The Bertz CT molecular complexity index is 497. The molecule has 0 fully saturated rings. The van der Waals surface area contributed by atoms with E-state index in [0.717, 1.165) is 12.0 Å². The van der Waals surface area contributed by atoms with Crippen molar-refractivity contribution in [2.24, 2.45) is 0 Å². The highest BCUT2D eigenvalue weighted by atomic mass is 16.5. The Morgan fingerprint density at radius 3 is 2.68 bits per heavy atom. The predicted molar refractivity (Wildman–Crippen MR) is 87.3 cm³/mol. The first-order chi connectivity index (χ1) is 10.6. The highest BCUT2D eigenvalue weighted by Crippen LogP contribution is 2.29. The summed E-state index contributed by atoms with van der Waals surface area (Å²) in [5.41, 5.74) is 0.875. The molecule has 0 radical (unpaired) electrons. The summed E-state index contributed by atoms with van der Waals surface area (Å²) in [7, 11) is 3.24. The normalized spacial score (nSPS) is 11.0. The maximum Gasteiger partial charge on any atom is 0.244 e. The SMILES string of the molecule is COCCCNC(=O)/C=C/c1ccc(OC(C)C)c(OC)c1. The van der Waals surface area contributed by atoms with Crippen molar-refractivity contribution in [3.8, 4) is 11.5 Å². The van der Waals surface area contributed by atoms with E-state index in [-0.39, 0.29) is 12.0 Å². The molecule has 0 saturated carbocycles. The number of nitrogens with one attached hydrogen (secondary N) is 1. The molecule has 122 valence electrons. The largest absolute Gasteiger partial charge is 0.493 e. The van der Waals surface area contributed by atoms with Gasteiger partial charge < -0.3 is 19.5 Å². The maximum atomic E-state index is 11.7. The predicted octanol–water partition coefficient (Wildman–Crippen LogP) is 2.65. The van der Waals surface area contributed by atoms with Gasteiger partial charge in [0.05, 0.1) is 13.2 Å². The minimum absolute atomic E-state index is 0.0770. The van der Waals surface area contributed by atoms with Crippen LogP contribution in [0, 0.1) is 0 Å². The molecule has 1 aromatic carbocycles. The molecule has 5 nitrogen and oxygen atoms in total. The Balaban J connectivity index is 2.61. The van der Waals surface area contributed by atoms with Crippen LogP contribution in [0.5, 0.6) is 11.5 Å². The Hall–Kier alpha value is -2.01. The summed E-state index contributed by atoms with van der Waals surface area (Å²) in [5.74, 6) is 1.22. The Labute approximate surface area is 132 Å². The van der Waals surface area contributed by atoms with Crippen LogP contribution in [0.25, 0.3) is 6.08 Å². The fraction of sp³-hybridized carbons (Fsp3) is 0.471. The van der Waals surface area contributed by atoms with E-state index in [9.17, 15) is 4.79 Å². The van der Waals surface area contributed by atoms with E-state index in [2.05, 4.69) is 5.32 Å². The van der Waals surface area contributed by atoms with Gasteiger partial charge in [0.25, 0.3) is 0 Å². The molecule has 0 heterocycles. The van der Waals surface area contributed by atoms with Gasteiger partial charge in [-0.25, -0.2) is 0 Å². The van der Waals surface area contributed by atoms with Gasteiger partial charge in [-0.3, -0.25) is 4.79 Å². The van der Waals surface area contributed by atoms with Crippen molar-refractivity contribution in [2.75, 3.05) is 27.4 Å². The molecule has 0 spiro atoms. The lowest BCUT2D eigenvalue weighted by Crippen LogP contribution is -2.22. The van der Waals surface area contributed by atoms with Crippen LogP contribution in [0.4, 0.5) is 0 Å². The summed E-state index contributed by atoms with van der Waals surface area (Å²) in [4.78, 5) is 11.7. The highest BCUT2D eigenvalue weighted by Gasteiger charge is 2.06. The van der Waals surface area contributed by atoms with Gasteiger partial charge in [0, 0.05) is 26.3 Å². The van der Waals surface area contributed by atoms with Crippen molar-refractivity contribution in [3.63, 3.8) is 0 Å². The van der Waals surface area contributed by atoms with Crippen LogP contribution < -0.4 is 14.8 Å². The summed E-state index contributed by atoms with van der Waals surface area (Å²) in [5, 5.41) is 2.79. The van der Waals surface area contributed by atoms with Gasteiger partial charge in [-0.15, -0.1) is 0 Å². The fourth-order valence-electron chi connectivity index (χ4n) is 1.80. The number of amides is 1. The summed E-state index contributed by atoms with van der Waals surface area (Å²) < 4.78 is 15.9. The minimum atomic E-state index is -0.127. The second-order valence-corrected chi connectivity index (χ2v) is 5.05. The standard InChI is InChI=1S/C17H25NO4/c1-13(2)22-15-8-6-14(12-16(15)21-4)7-9-17(19)18-10-5-11-20-3/h6-9,12-13H,5,10-11H2,1-4H3,(H,18,19)/b9-7+. The third-order valence-corrected chi connectivity index (χ3v) is 2.80. The third-order valence-electron chi connectivity index (χ3n) is 2.80. The Kier molecular flexibility index (Phi) is 8.07.